The van der Waals surface area contributed by atoms with Gasteiger partial charge in [-0.1, -0.05) is 30.3 Å². The maximum atomic E-state index is 13.0. The molecule has 2 saturated heterocycles. The second-order valence-corrected chi connectivity index (χ2v) is 7.93. The molecule has 1 aromatic heterocycles. The normalized spacial score (nSPS) is 22.2. The van der Waals surface area contributed by atoms with Crippen molar-refractivity contribution < 1.29 is 14.4 Å². The summed E-state index contributed by atoms with van der Waals surface area (Å²) in [7, 11) is 0. The lowest BCUT2D eigenvalue weighted by molar-refractivity contribution is -0.145. The Morgan fingerprint density at radius 2 is 2.00 bits per heavy atom. The molecular weight excluding hydrogens is 362 g/mol. The lowest BCUT2D eigenvalue weighted by Crippen LogP contribution is -2.50. The minimum Gasteiger partial charge on any atom is -0.330 e. The van der Waals surface area contributed by atoms with E-state index in [9.17, 15) is 14.4 Å². The third-order valence-electron chi connectivity index (χ3n) is 5.27. The molecule has 7 heteroatoms. The lowest BCUT2D eigenvalue weighted by Gasteiger charge is -2.34. The summed E-state index contributed by atoms with van der Waals surface area (Å²) in [5, 5.41) is 2.80. The molecule has 0 unspecified atom stereocenters. The molecular formula is C20H21N3O3S. The van der Waals surface area contributed by atoms with Gasteiger partial charge in [-0.05, 0) is 18.4 Å². The standard InChI is InChI=1S/C20H21N3O3S/c24-17(9-8-16-21-10-12-27-16)22-11-4-7-15-18(22)20(26)23(19(15)25)13-14-5-2-1-3-6-14/h1-3,5-6,10,12,15,18H,4,7-9,11,13H2/t15-,18+/m1/s1. The van der Waals surface area contributed by atoms with Gasteiger partial charge in [-0.25, -0.2) is 4.98 Å². The van der Waals surface area contributed by atoms with Gasteiger partial charge < -0.3 is 4.90 Å². The summed E-state index contributed by atoms with van der Waals surface area (Å²) in [6.45, 7) is 0.808. The number of hydrogen-bond acceptors (Lipinski definition) is 5. The van der Waals surface area contributed by atoms with E-state index in [0.29, 0.717) is 25.8 Å². The molecule has 2 aliphatic heterocycles. The zero-order valence-corrected chi connectivity index (χ0v) is 15.7. The van der Waals surface area contributed by atoms with Crippen LogP contribution < -0.4 is 0 Å². The summed E-state index contributed by atoms with van der Waals surface area (Å²) in [5.74, 6) is -0.858. The van der Waals surface area contributed by atoms with Crippen LogP contribution in [0.15, 0.2) is 41.9 Å². The molecule has 0 bridgehead atoms. The van der Waals surface area contributed by atoms with Crippen molar-refractivity contribution in [3.05, 3.63) is 52.5 Å². The number of amides is 3. The van der Waals surface area contributed by atoms with Gasteiger partial charge in [-0.2, -0.15) is 0 Å². The molecule has 2 aliphatic rings. The van der Waals surface area contributed by atoms with Gasteiger partial charge >= 0.3 is 0 Å². The number of rotatable bonds is 5. The molecule has 2 aromatic rings. The molecule has 140 valence electrons. The van der Waals surface area contributed by atoms with Crippen molar-refractivity contribution >= 4 is 29.1 Å². The third-order valence-corrected chi connectivity index (χ3v) is 6.11. The Hall–Kier alpha value is -2.54. The van der Waals surface area contributed by atoms with Crippen molar-refractivity contribution in [2.75, 3.05) is 6.54 Å². The van der Waals surface area contributed by atoms with Crippen LogP contribution in [0.5, 0.6) is 0 Å². The fourth-order valence-electron chi connectivity index (χ4n) is 3.96. The average Bonchev–Trinajstić information content (AvgIpc) is 3.30. The quantitative estimate of drug-likeness (QED) is 0.743. The van der Waals surface area contributed by atoms with Gasteiger partial charge in [0.25, 0.3) is 5.91 Å². The van der Waals surface area contributed by atoms with Gasteiger partial charge in [-0.15, -0.1) is 11.3 Å². The van der Waals surface area contributed by atoms with E-state index >= 15 is 0 Å². The minimum atomic E-state index is -0.640. The molecule has 0 radical (unpaired) electrons. The minimum absolute atomic E-state index is 0.0670. The first-order valence-corrected chi connectivity index (χ1v) is 10.1. The van der Waals surface area contributed by atoms with Gasteiger partial charge in [0.1, 0.15) is 6.04 Å². The van der Waals surface area contributed by atoms with E-state index in [-0.39, 0.29) is 24.3 Å². The topological polar surface area (TPSA) is 70.6 Å². The number of imide groups is 1. The van der Waals surface area contributed by atoms with Gasteiger partial charge in [0.05, 0.1) is 17.5 Å². The number of carbonyl (C=O) groups is 3. The number of piperidine rings is 1. The number of likely N-dealkylation sites (tertiary alicyclic amines) is 2. The third kappa shape index (κ3) is 3.51. The average molecular weight is 383 g/mol. The van der Waals surface area contributed by atoms with Crippen LogP contribution in [0.2, 0.25) is 0 Å². The molecule has 3 amide bonds. The monoisotopic (exact) mass is 383 g/mol. The second-order valence-electron chi connectivity index (χ2n) is 6.95. The van der Waals surface area contributed by atoms with E-state index in [0.717, 1.165) is 17.0 Å². The Kier molecular flexibility index (Phi) is 5.03. The molecule has 0 saturated carbocycles. The second kappa shape index (κ2) is 7.60. The first-order chi connectivity index (χ1) is 13.1. The highest BCUT2D eigenvalue weighted by atomic mass is 32.1. The van der Waals surface area contributed by atoms with Crippen molar-refractivity contribution in [3.63, 3.8) is 0 Å². The highest BCUT2D eigenvalue weighted by molar-refractivity contribution is 7.09. The van der Waals surface area contributed by atoms with E-state index < -0.39 is 12.0 Å². The first-order valence-electron chi connectivity index (χ1n) is 9.22. The maximum Gasteiger partial charge on any atom is 0.253 e. The fourth-order valence-corrected chi connectivity index (χ4v) is 4.58. The van der Waals surface area contributed by atoms with E-state index in [1.54, 1.807) is 11.1 Å². The van der Waals surface area contributed by atoms with E-state index in [4.69, 9.17) is 0 Å². The van der Waals surface area contributed by atoms with Crippen molar-refractivity contribution in [2.45, 2.75) is 38.3 Å². The molecule has 0 N–H and O–H groups in total. The summed E-state index contributed by atoms with van der Waals surface area (Å²) < 4.78 is 0. The summed E-state index contributed by atoms with van der Waals surface area (Å²) in [6, 6.07) is 8.85. The van der Waals surface area contributed by atoms with Crippen LogP contribution in [0.3, 0.4) is 0 Å². The maximum absolute atomic E-state index is 13.0. The number of hydrogen-bond donors (Lipinski definition) is 0. The van der Waals surface area contributed by atoms with Gasteiger partial charge in [0.2, 0.25) is 11.8 Å². The lowest BCUT2D eigenvalue weighted by atomic mass is 9.91. The van der Waals surface area contributed by atoms with Crippen LogP contribution in [0.4, 0.5) is 0 Å². The number of fused-ring (bicyclic) bond motifs is 1. The predicted molar refractivity (Wildman–Crippen MR) is 101 cm³/mol. The zero-order valence-electron chi connectivity index (χ0n) is 14.9. The number of aryl methyl sites for hydroxylation is 1. The summed E-state index contributed by atoms with van der Waals surface area (Å²) in [6.07, 6.45) is 4.03. The smallest absolute Gasteiger partial charge is 0.253 e. The molecule has 2 fully saturated rings. The molecule has 1 aromatic carbocycles. The van der Waals surface area contributed by atoms with Crippen molar-refractivity contribution in [1.82, 2.24) is 14.8 Å². The van der Waals surface area contributed by atoms with Crippen molar-refractivity contribution in [1.29, 1.82) is 0 Å². The number of carbonyl (C=O) groups excluding carboxylic acids is 3. The summed E-state index contributed by atoms with van der Waals surface area (Å²) in [5.41, 5.74) is 0.916. The molecule has 4 rings (SSSR count). The van der Waals surface area contributed by atoms with Crippen molar-refractivity contribution in [3.8, 4) is 0 Å². The number of thiazole rings is 1. The summed E-state index contributed by atoms with van der Waals surface area (Å²) in [4.78, 5) is 45.8. The largest absolute Gasteiger partial charge is 0.330 e. The van der Waals surface area contributed by atoms with Crippen LogP contribution in [0.1, 0.15) is 29.8 Å². The number of benzene rings is 1. The van der Waals surface area contributed by atoms with E-state index in [1.807, 2.05) is 35.7 Å². The highest BCUT2D eigenvalue weighted by Crippen LogP contribution is 2.34. The fraction of sp³-hybridized carbons (Fsp3) is 0.400. The van der Waals surface area contributed by atoms with Gasteiger partial charge in [0, 0.05) is 31.0 Å². The van der Waals surface area contributed by atoms with Crippen LogP contribution >= 0.6 is 11.3 Å². The summed E-state index contributed by atoms with van der Waals surface area (Å²) >= 11 is 1.52. The van der Waals surface area contributed by atoms with Crippen LogP contribution in [0, 0.1) is 5.92 Å². The zero-order chi connectivity index (χ0) is 18.8. The Morgan fingerprint density at radius 3 is 2.74 bits per heavy atom. The molecule has 6 nitrogen and oxygen atoms in total. The van der Waals surface area contributed by atoms with E-state index in [1.165, 1.54) is 16.2 Å². The number of nitrogens with zero attached hydrogens (tertiary/aromatic N) is 3. The Morgan fingerprint density at radius 1 is 1.19 bits per heavy atom. The first kappa shape index (κ1) is 17.9. The van der Waals surface area contributed by atoms with Gasteiger partial charge in [0.15, 0.2) is 0 Å². The molecule has 3 heterocycles. The molecule has 27 heavy (non-hydrogen) atoms. The van der Waals surface area contributed by atoms with E-state index in [2.05, 4.69) is 4.98 Å². The Labute approximate surface area is 161 Å². The van der Waals surface area contributed by atoms with Crippen LogP contribution in [-0.4, -0.2) is 45.1 Å². The van der Waals surface area contributed by atoms with Crippen molar-refractivity contribution in [2.24, 2.45) is 5.92 Å². The Bertz CT molecular complexity index is 837. The molecule has 0 spiro atoms. The SMILES string of the molecule is O=C1[C@@H]2[C@@H](CCCN2C(=O)CCc2nccs2)C(=O)N1Cc1ccccc1. The predicted octanol–water partition coefficient (Wildman–Crippen LogP) is 2.25. The van der Waals surface area contributed by atoms with Crippen LogP contribution in [0.25, 0.3) is 0 Å². The number of aromatic nitrogens is 1. The van der Waals surface area contributed by atoms with Crippen LogP contribution in [-0.2, 0) is 27.3 Å². The van der Waals surface area contributed by atoms with Gasteiger partial charge in [-0.3, -0.25) is 19.3 Å². The Balaban J connectivity index is 1.48. The molecule has 0 aliphatic carbocycles. The highest BCUT2D eigenvalue weighted by Gasteiger charge is 2.52. The molecule has 2 atom stereocenters.